The predicted molar refractivity (Wildman–Crippen MR) is 168 cm³/mol. The van der Waals surface area contributed by atoms with E-state index in [0.717, 1.165) is 61.2 Å². The lowest BCUT2D eigenvalue weighted by Gasteiger charge is -2.55. The van der Waals surface area contributed by atoms with Crippen molar-refractivity contribution in [1.29, 1.82) is 0 Å². The van der Waals surface area contributed by atoms with Crippen LogP contribution in [0.3, 0.4) is 0 Å². The first-order chi connectivity index (χ1) is 20.2. The van der Waals surface area contributed by atoms with Gasteiger partial charge >= 0.3 is 0 Å². The van der Waals surface area contributed by atoms with Crippen molar-refractivity contribution in [3.8, 4) is 16.9 Å². The lowest BCUT2D eigenvalue weighted by Crippen LogP contribution is -2.51. The molecule has 6 heteroatoms. The zero-order valence-electron chi connectivity index (χ0n) is 25.8. The van der Waals surface area contributed by atoms with Crippen molar-refractivity contribution in [2.24, 2.45) is 11.3 Å². The average Bonchev–Trinajstić information content (AvgIpc) is 3.52. The van der Waals surface area contributed by atoms with E-state index in [0.29, 0.717) is 18.9 Å². The maximum absolute atomic E-state index is 14.3. The van der Waals surface area contributed by atoms with Crippen LogP contribution in [0.5, 0.6) is 5.75 Å². The third-order valence-electron chi connectivity index (χ3n) is 10.8. The van der Waals surface area contributed by atoms with Gasteiger partial charge in [0, 0.05) is 36.0 Å². The number of aliphatic hydroxyl groups is 1. The Morgan fingerprint density at radius 2 is 1.74 bits per heavy atom. The standard InChI is InChI=1S/C36H47N3O3/c1-25(2)39-23-29(22-37-39)28-6-5-7-31(21-28)38(34(41)27-8-11-32(40)12-9-27)24-35-14-17-36(18-15-35,19-16-35)30-10-13-33(42-4)26(3)20-30/h5-7,10,13,20-23,25,27,32,40H,8-9,11-12,14-19,24H2,1-4H3. The van der Waals surface area contributed by atoms with Gasteiger partial charge in [-0.2, -0.15) is 5.10 Å². The maximum atomic E-state index is 14.3. The Morgan fingerprint density at radius 1 is 1.02 bits per heavy atom. The number of benzene rings is 2. The van der Waals surface area contributed by atoms with Gasteiger partial charge in [0.15, 0.2) is 0 Å². The highest BCUT2D eigenvalue weighted by Gasteiger charge is 2.50. The SMILES string of the molecule is COc1ccc(C23CCC(CN(C(=O)C4CCC(O)CC4)c4cccc(-c5cnn(C(C)C)c5)c4)(CC2)CC3)cc1C. The molecule has 42 heavy (non-hydrogen) atoms. The van der Waals surface area contributed by atoms with Crippen LogP contribution in [0, 0.1) is 18.3 Å². The zero-order chi connectivity index (χ0) is 29.5. The van der Waals surface area contributed by atoms with E-state index < -0.39 is 0 Å². The van der Waals surface area contributed by atoms with Crippen molar-refractivity contribution in [3.63, 3.8) is 0 Å². The second-order valence-electron chi connectivity index (χ2n) is 13.7. The largest absolute Gasteiger partial charge is 0.496 e. The number of hydrogen-bond acceptors (Lipinski definition) is 4. The monoisotopic (exact) mass is 569 g/mol. The van der Waals surface area contributed by atoms with Crippen molar-refractivity contribution < 1.29 is 14.6 Å². The molecule has 224 valence electrons. The number of rotatable bonds is 8. The van der Waals surface area contributed by atoms with Crippen molar-refractivity contribution in [3.05, 3.63) is 66.0 Å². The fourth-order valence-electron chi connectivity index (χ4n) is 7.94. The van der Waals surface area contributed by atoms with Crippen LogP contribution in [-0.2, 0) is 10.2 Å². The van der Waals surface area contributed by atoms with Crippen molar-refractivity contribution >= 4 is 11.6 Å². The van der Waals surface area contributed by atoms with E-state index in [4.69, 9.17) is 4.74 Å². The van der Waals surface area contributed by atoms with E-state index in [2.05, 4.69) is 79.4 Å². The van der Waals surface area contributed by atoms with Gasteiger partial charge in [-0.15, -0.1) is 0 Å². The Hall–Kier alpha value is -3.12. The summed E-state index contributed by atoms with van der Waals surface area (Å²) in [6, 6.07) is 15.6. The van der Waals surface area contributed by atoms with E-state index in [9.17, 15) is 9.90 Å². The molecule has 0 spiro atoms. The number of fused-ring (bicyclic) bond motifs is 3. The first-order valence-corrected chi connectivity index (χ1v) is 16.0. The van der Waals surface area contributed by atoms with Crippen LogP contribution in [0.2, 0.25) is 0 Å². The normalized spacial score (nSPS) is 27.3. The molecule has 4 fully saturated rings. The number of ether oxygens (including phenoxy) is 1. The van der Waals surface area contributed by atoms with E-state index in [-0.39, 0.29) is 28.8 Å². The predicted octanol–water partition coefficient (Wildman–Crippen LogP) is 7.62. The molecule has 0 saturated heterocycles. The Bertz CT molecular complexity index is 1390. The number of nitrogens with zero attached hydrogens (tertiary/aromatic N) is 3. The summed E-state index contributed by atoms with van der Waals surface area (Å²) < 4.78 is 7.52. The fraction of sp³-hybridized carbons (Fsp3) is 0.556. The molecule has 4 aliphatic carbocycles. The molecule has 1 amide bonds. The van der Waals surface area contributed by atoms with Crippen LogP contribution in [0.4, 0.5) is 5.69 Å². The maximum Gasteiger partial charge on any atom is 0.230 e. The van der Waals surface area contributed by atoms with Gasteiger partial charge in [0.05, 0.1) is 19.4 Å². The number of anilines is 1. The highest BCUT2D eigenvalue weighted by Crippen LogP contribution is 2.58. The van der Waals surface area contributed by atoms with Crippen LogP contribution in [0.1, 0.15) is 95.2 Å². The minimum Gasteiger partial charge on any atom is -0.496 e. The van der Waals surface area contributed by atoms with Gasteiger partial charge in [-0.3, -0.25) is 9.48 Å². The summed E-state index contributed by atoms with van der Waals surface area (Å²) in [5.41, 5.74) is 6.21. The molecule has 1 heterocycles. The molecule has 1 aromatic heterocycles. The number of carbonyl (C=O) groups is 1. The number of methoxy groups -OCH3 is 1. The Kier molecular flexibility index (Phi) is 7.95. The molecular formula is C36H47N3O3. The third-order valence-corrected chi connectivity index (χ3v) is 10.8. The third kappa shape index (κ3) is 5.50. The Morgan fingerprint density at radius 3 is 2.36 bits per heavy atom. The molecule has 7 rings (SSSR count). The fourth-order valence-corrected chi connectivity index (χ4v) is 7.94. The van der Waals surface area contributed by atoms with Gasteiger partial charge in [-0.05, 0) is 131 Å². The second kappa shape index (κ2) is 11.5. The molecule has 0 unspecified atom stereocenters. The Balaban J connectivity index is 1.27. The van der Waals surface area contributed by atoms with Crippen molar-refractivity contribution in [1.82, 2.24) is 9.78 Å². The first-order valence-electron chi connectivity index (χ1n) is 16.0. The van der Waals surface area contributed by atoms with Crippen molar-refractivity contribution in [2.75, 3.05) is 18.6 Å². The summed E-state index contributed by atoms with van der Waals surface area (Å²) in [5, 5.41) is 14.7. The average molecular weight is 570 g/mol. The van der Waals surface area contributed by atoms with Crippen LogP contribution in [0.25, 0.3) is 11.1 Å². The van der Waals surface area contributed by atoms with Crippen LogP contribution < -0.4 is 9.64 Å². The van der Waals surface area contributed by atoms with Crippen LogP contribution in [-0.4, -0.2) is 40.6 Å². The number of aromatic nitrogens is 2. The molecule has 3 aromatic rings. The lowest BCUT2D eigenvalue weighted by molar-refractivity contribution is -0.124. The van der Waals surface area contributed by atoms with Gasteiger partial charge in [0.2, 0.25) is 5.91 Å². The van der Waals surface area contributed by atoms with Crippen LogP contribution in [0.15, 0.2) is 54.9 Å². The molecule has 2 aromatic carbocycles. The summed E-state index contributed by atoms with van der Waals surface area (Å²) in [6.07, 6.45) is 13.7. The van der Waals surface area contributed by atoms with Gasteiger partial charge in [-0.25, -0.2) is 0 Å². The molecule has 4 saturated carbocycles. The molecule has 0 aliphatic heterocycles. The zero-order valence-corrected chi connectivity index (χ0v) is 25.8. The topological polar surface area (TPSA) is 67.6 Å². The summed E-state index contributed by atoms with van der Waals surface area (Å²) in [6.45, 7) is 7.18. The van der Waals surface area contributed by atoms with Crippen LogP contribution >= 0.6 is 0 Å². The number of aryl methyl sites for hydroxylation is 1. The minimum absolute atomic E-state index is 0.0225. The highest BCUT2D eigenvalue weighted by molar-refractivity contribution is 5.96. The quantitative estimate of drug-likeness (QED) is 0.303. The van der Waals surface area contributed by atoms with Crippen molar-refractivity contribution in [2.45, 2.75) is 103 Å². The summed E-state index contributed by atoms with van der Waals surface area (Å²) >= 11 is 0. The van der Waals surface area contributed by atoms with E-state index in [1.807, 2.05) is 10.9 Å². The molecule has 0 radical (unpaired) electrons. The molecule has 0 atom stereocenters. The molecule has 4 aliphatic rings. The van der Waals surface area contributed by atoms with Gasteiger partial charge < -0.3 is 14.7 Å². The van der Waals surface area contributed by atoms with E-state index in [1.165, 1.54) is 30.4 Å². The summed E-state index contributed by atoms with van der Waals surface area (Å²) in [7, 11) is 1.74. The summed E-state index contributed by atoms with van der Waals surface area (Å²) in [4.78, 5) is 16.4. The smallest absolute Gasteiger partial charge is 0.230 e. The van der Waals surface area contributed by atoms with Gasteiger partial charge in [0.25, 0.3) is 0 Å². The first kappa shape index (κ1) is 29.0. The lowest BCUT2D eigenvalue weighted by atomic mass is 9.51. The minimum atomic E-state index is -0.270. The van der Waals surface area contributed by atoms with Gasteiger partial charge in [-0.1, -0.05) is 24.3 Å². The number of carbonyl (C=O) groups excluding carboxylic acids is 1. The molecule has 6 nitrogen and oxygen atoms in total. The number of hydrogen-bond donors (Lipinski definition) is 1. The van der Waals surface area contributed by atoms with Gasteiger partial charge in [0.1, 0.15) is 5.75 Å². The second-order valence-corrected chi connectivity index (χ2v) is 13.7. The Labute approximate surface area is 251 Å². The molecule has 1 N–H and O–H groups in total. The highest BCUT2D eigenvalue weighted by atomic mass is 16.5. The molecular weight excluding hydrogens is 522 g/mol. The summed E-state index contributed by atoms with van der Waals surface area (Å²) in [5.74, 6) is 1.17. The van der Waals surface area contributed by atoms with E-state index in [1.54, 1.807) is 7.11 Å². The number of amides is 1. The number of aliphatic hydroxyl groups excluding tert-OH is 1. The molecule has 2 bridgehead atoms. The van der Waals surface area contributed by atoms with E-state index >= 15 is 0 Å².